The van der Waals surface area contributed by atoms with Crippen LogP contribution in [-0.4, -0.2) is 36.1 Å². The number of hydrogen-bond acceptors (Lipinski definition) is 5. The van der Waals surface area contributed by atoms with Crippen molar-refractivity contribution in [3.05, 3.63) is 51.6 Å². The van der Waals surface area contributed by atoms with Crippen molar-refractivity contribution in [2.45, 2.75) is 103 Å². The fourth-order valence-corrected chi connectivity index (χ4v) is 5.96. The number of fused-ring (bicyclic) bond motifs is 1. The Balaban J connectivity index is 1.53. The van der Waals surface area contributed by atoms with Crippen LogP contribution in [0.5, 0.6) is 0 Å². The van der Waals surface area contributed by atoms with Gasteiger partial charge in [0.2, 0.25) is 0 Å². The molecule has 1 aromatic carbocycles. The van der Waals surface area contributed by atoms with Crippen molar-refractivity contribution < 1.29 is 0 Å². The lowest BCUT2D eigenvalue weighted by Gasteiger charge is -2.36. The quantitative estimate of drug-likeness (QED) is 0.511. The van der Waals surface area contributed by atoms with Crippen molar-refractivity contribution in [3.8, 4) is 0 Å². The van der Waals surface area contributed by atoms with Gasteiger partial charge in [0, 0.05) is 23.7 Å². The second-order valence-corrected chi connectivity index (χ2v) is 10.0. The van der Waals surface area contributed by atoms with Gasteiger partial charge in [0.25, 0.3) is 5.56 Å². The van der Waals surface area contributed by atoms with Gasteiger partial charge in [-0.1, -0.05) is 50.7 Å². The van der Waals surface area contributed by atoms with Crippen LogP contribution in [0.2, 0.25) is 0 Å². The van der Waals surface area contributed by atoms with Gasteiger partial charge in [-0.3, -0.25) is 9.69 Å². The molecule has 7 heteroatoms. The van der Waals surface area contributed by atoms with E-state index in [4.69, 9.17) is 0 Å². The summed E-state index contributed by atoms with van der Waals surface area (Å²) >= 11 is 0. The third-order valence-corrected chi connectivity index (χ3v) is 7.67. The van der Waals surface area contributed by atoms with E-state index >= 15 is 0 Å². The predicted octanol–water partition coefficient (Wildman–Crippen LogP) is 5.22. The molecule has 5 rings (SSSR count). The lowest BCUT2D eigenvalue weighted by molar-refractivity contribution is 0.106. The van der Waals surface area contributed by atoms with Gasteiger partial charge >= 0.3 is 0 Å². The van der Waals surface area contributed by atoms with Crippen LogP contribution < -0.4 is 5.56 Å². The average molecular weight is 449 g/mol. The maximum absolute atomic E-state index is 13.1. The molecule has 0 aliphatic heterocycles. The topological polar surface area (TPSA) is 79.7 Å². The Morgan fingerprint density at radius 2 is 1.88 bits per heavy atom. The first kappa shape index (κ1) is 22.3. The predicted molar refractivity (Wildman–Crippen MR) is 130 cm³/mol. The zero-order valence-corrected chi connectivity index (χ0v) is 20.0. The number of aromatic amines is 1. The van der Waals surface area contributed by atoms with Gasteiger partial charge in [-0.05, 0) is 73.0 Å². The molecule has 2 aliphatic rings. The van der Waals surface area contributed by atoms with E-state index < -0.39 is 0 Å². The van der Waals surface area contributed by atoms with Gasteiger partial charge in [-0.2, -0.15) is 0 Å². The highest BCUT2D eigenvalue weighted by atomic mass is 16.1. The molecule has 0 spiro atoms. The standard InChI is InChI=1S/C26H36N6O/c1-3-8-24(25-28-29-30-32(25)22-11-6-7-12-22)31(21-9-4-5-10-21)17-20-16-19-15-18(2)13-14-23(19)27-26(20)33/h13-16,21-22,24H,3-12,17H2,1-2H3,(H,27,33)/t24-/m1/s1. The summed E-state index contributed by atoms with van der Waals surface area (Å²) in [5.41, 5.74) is 2.95. The minimum Gasteiger partial charge on any atom is -0.322 e. The van der Waals surface area contributed by atoms with Gasteiger partial charge in [-0.25, -0.2) is 4.68 Å². The molecule has 1 atom stereocenters. The molecular weight excluding hydrogens is 412 g/mol. The Hall–Kier alpha value is -2.54. The highest BCUT2D eigenvalue weighted by Crippen LogP contribution is 2.37. The number of pyridine rings is 1. The molecule has 33 heavy (non-hydrogen) atoms. The van der Waals surface area contributed by atoms with Gasteiger partial charge in [0.1, 0.15) is 0 Å². The van der Waals surface area contributed by atoms with Gasteiger partial charge < -0.3 is 4.98 Å². The van der Waals surface area contributed by atoms with E-state index in [1.807, 2.05) is 12.1 Å². The highest BCUT2D eigenvalue weighted by molar-refractivity contribution is 5.79. The van der Waals surface area contributed by atoms with E-state index in [2.05, 4.69) is 56.1 Å². The van der Waals surface area contributed by atoms with Crippen LogP contribution in [0.1, 0.15) is 100 Å². The van der Waals surface area contributed by atoms with Crippen LogP contribution in [0.4, 0.5) is 0 Å². The number of nitrogens with one attached hydrogen (secondary N) is 1. The number of nitrogens with zero attached hydrogens (tertiary/aromatic N) is 5. The first-order valence-electron chi connectivity index (χ1n) is 12.8. The summed E-state index contributed by atoms with van der Waals surface area (Å²) in [6, 6.07) is 9.28. The van der Waals surface area contributed by atoms with Crippen LogP contribution in [-0.2, 0) is 6.54 Å². The molecule has 0 unspecified atom stereocenters. The minimum absolute atomic E-state index is 0.0139. The zero-order chi connectivity index (χ0) is 22.8. The molecule has 2 saturated carbocycles. The first-order valence-corrected chi connectivity index (χ1v) is 12.8. The fourth-order valence-electron chi connectivity index (χ4n) is 5.96. The number of rotatable bonds is 8. The summed E-state index contributed by atoms with van der Waals surface area (Å²) in [5, 5.41) is 14.2. The Morgan fingerprint density at radius 1 is 1.12 bits per heavy atom. The smallest absolute Gasteiger partial charge is 0.252 e. The molecule has 176 valence electrons. The minimum atomic E-state index is 0.0139. The monoisotopic (exact) mass is 448 g/mol. The second kappa shape index (κ2) is 9.75. The third kappa shape index (κ3) is 4.60. The number of aryl methyl sites for hydroxylation is 1. The first-order chi connectivity index (χ1) is 16.1. The Bertz CT molecular complexity index is 1140. The number of hydrogen-bond donors (Lipinski definition) is 1. The van der Waals surface area contributed by atoms with Crippen LogP contribution in [0.15, 0.2) is 29.1 Å². The fraction of sp³-hybridized carbons (Fsp3) is 0.615. The third-order valence-electron chi connectivity index (χ3n) is 7.67. The number of aromatic nitrogens is 5. The van der Waals surface area contributed by atoms with Crippen LogP contribution >= 0.6 is 0 Å². The number of benzene rings is 1. The summed E-state index contributed by atoms with van der Waals surface area (Å²) in [6.45, 7) is 4.95. The van der Waals surface area contributed by atoms with Crippen LogP contribution in [0.25, 0.3) is 10.9 Å². The molecular formula is C26H36N6O. The maximum atomic E-state index is 13.1. The van der Waals surface area contributed by atoms with Crippen molar-refractivity contribution in [1.29, 1.82) is 0 Å². The second-order valence-electron chi connectivity index (χ2n) is 10.0. The van der Waals surface area contributed by atoms with Crippen molar-refractivity contribution in [2.24, 2.45) is 0 Å². The molecule has 2 aliphatic carbocycles. The highest BCUT2D eigenvalue weighted by Gasteiger charge is 2.34. The molecule has 2 fully saturated rings. The molecule has 7 nitrogen and oxygen atoms in total. The summed E-state index contributed by atoms with van der Waals surface area (Å²) in [6.07, 6.45) is 11.7. The lowest BCUT2D eigenvalue weighted by atomic mass is 10.0. The normalized spacial score (nSPS) is 18.6. The molecule has 1 N–H and O–H groups in total. The molecule has 0 saturated heterocycles. The number of tetrazole rings is 1. The Labute approximate surface area is 195 Å². The van der Waals surface area contributed by atoms with E-state index in [9.17, 15) is 4.79 Å². The van der Waals surface area contributed by atoms with Crippen molar-refractivity contribution in [3.63, 3.8) is 0 Å². The Morgan fingerprint density at radius 3 is 2.64 bits per heavy atom. The Kier molecular flexibility index (Phi) is 6.58. The van der Waals surface area contributed by atoms with Gasteiger partial charge in [0.15, 0.2) is 5.82 Å². The van der Waals surface area contributed by atoms with Crippen molar-refractivity contribution in [1.82, 2.24) is 30.1 Å². The molecule has 0 radical (unpaired) electrons. The van der Waals surface area contributed by atoms with E-state index in [0.29, 0.717) is 18.6 Å². The van der Waals surface area contributed by atoms with Crippen molar-refractivity contribution in [2.75, 3.05) is 0 Å². The summed E-state index contributed by atoms with van der Waals surface area (Å²) < 4.78 is 2.11. The van der Waals surface area contributed by atoms with Gasteiger partial charge in [0.05, 0.1) is 12.1 Å². The molecule has 0 bridgehead atoms. The summed E-state index contributed by atoms with van der Waals surface area (Å²) in [4.78, 5) is 18.8. The summed E-state index contributed by atoms with van der Waals surface area (Å²) in [5.74, 6) is 0.990. The average Bonchev–Trinajstić information content (AvgIpc) is 3.58. The maximum Gasteiger partial charge on any atom is 0.252 e. The summed E-state index contributed by atoms with van der Waals surface area (Å²) in [7, 11) is 0. The molecule has 0 amide bonds. The van der Waals surface area contributed by atoms with Crippen LogP contribution in [0, 0.1) is 6.92 Å². The van der Waals surface area contributed by atoms with Crippen LogP contribution in [0.3, 0.4) is 0 Å². The van der Waals surface area contributed by atoms with Crippen molar-refractivity contribution >= 4 is 10.9 Å². The lowest BCUT2D eigenvalue weighted by Crippen LogP contribution is -2.39. The van der Waals surface area contributed by atoms with E-state index in [-0.39, 0.29) is 11.6 Å². The van der Waals surface area contributed by atoms with E-state index in [0.717, 1.165) is 48.0 Å². The van der Waals surface area contributed by atoms with E-state index in [1.54, 1.807) is 0 Å². The van der Waals surface area contributed by atoms with Gasteiger partial charge in [-0.15, -0.1) is 5.10 Å². The molecule has 3 aromatic rings. The number of H-pyrrole nitrogens is 1. The van der Waals surface area contributed by atoms with E-state index in [1.165, 1.54) is 44.1 Å². The SMILES string of the molecule is CCC[C@H](c1nnnn1C1CCCC1)N(Cc1cc2cc(C)ccc2[nH]c1=O)C1CCCC1. The largest absolute Gasteiger partial charge is 0.322 e. The molecule has 2 heterocycles. The zero-order valence-electron chi connectivity index (χ0n) is 20.0. The molecule has 2 aromatic heterocycles.